The zero-order chi connectivity index (χ0) is 19.2. The number of ether oxygens (including phenoxy) is 2. The lowest BCUT2D eigenvalue weighted by atomic mass is 10.1. The summed E-state index contributed by atoms with van der Waals surface area (Å²) >= 11 is 0. The summed E-state index contributed by atoms with van der Waals surface area (Å²) in [7, 11) is -4.63. The van der Waals surface area contributed by atoms with Crippen LogP contribution in [-0.4, -0.2) is 37.1 Å². The summed E-state index contributed by atoms with van der Waals surface area (Å²) in [5.74, 6) is -1.80. The van der Waals surface area contributed by atoms with Crippen LogP contribution in [0.3, 0.4) is 0 Å². The lowest BCUT2D eigenvalue weighted by Gasteiger charge is -2.12. The van der Waals surface area contributed by atoms with E-state index in [4.69, 9.17) is 14.0 Å². The number of benzene rings is 1. The van der Waals surface area contributed by atoms with Crippen molar-refractivity contribution in [2.24, 2.45) is 0 Å². The molecule has 0 radical (unpaired) electrons. The highest BCUT2D eigenvalue weighted by Gasteiger charge is 2.23. The molecule has 0 saturated carbocycles. The van der Waals surface area contributed by atoms with Crippen molar-refractivity contribution < 1.29 is 36.2 Å². The van der Waals surface area contributed by atoms with Crippen molar-refractivity contribution in [3.63, 3.8) is 0 Å². The van der Waals surface area contributed by atoms with Crippen molar-refractivity contribution in [1.29, 1.82) is 0 Å². The maximum absolute atomic E-state index is 12.1. The third-order valence-electron chi connectivity index (χ3n) is 2.52. The minimum Gasteiger partial charge on any atom is -0.459 e. The first-order valence-corrected chi connectivity index (χ1v) is 8.75. The average Bonchev–Trinajstić information content (AvgIpc) is 2.43. The highest BCUT2D eigenvalue weighted by molar-refractivity contribution is 7.81. The molecule has 9 heteroatoms. The van der Waals surface area contributed by atoms with Crippen molar-refractivity contribution in [3.8, 4) is 5.75 Å². The Morgan fingerprint density at radius 2 is 1.40 bits per heavy atom. The molecular formula is C16H20O8S. The van der Waals surface area contributed by atoms with Crippen LogP contribution in [0.15, 0.2) is 29.8 Å². The maximum Gasteiger partial charge on any atom is 0.446 e. The molecule has 0 saturated heterocycles. The molecule has 0 spiro atoms. The molecule has 0 bridgehead atoms. The van der Waals surface area contributed by atoms with Crippen LogP contribution in [0.2, 0.25) is 0 Å². The molecule has 25 heavy (non-hydrogen) atoms. The normalized spacial score (nSPS) is 11.2. The summed E-state index contributed by atoms with van der Waals surface area (Å²) in [4.78, 5) is 24.2. The van der Waals surface area contributed by atoms with Crippen LogP contribution in [-0.2, 0) is 29.5 Å². The van der Waals surface area contributed by atoms with Gasteiger partial charge in [-0.2, -0.15) is 8.42 Å². The predicted molar refractivity (Wildman–Crippen MR) is 89.1 cm³/mol. The van der Waals surface area contributed by atoms with Crippen LogP contribution in [0.1, 0.15) is 33.3 Å². The molecule has 0 unspecified atom stereocenters. The first-order chi connectivity index (χ1) is 11.5. The monoisotopic (exact) mass is 372 g/mol. The predicted octanol–water partition coefficient (Wildman–Crippen LogP) is 2.15. The topological polar surface area (TPSA) is 116 Å². The van der Waals surface area contributed by atoms with E-state index in [-0.39, 0.29) is 11.3 Å². The Hall–Kier alpha value is -2.39. The van der Waals surface area contributed by atoms with E-state index in [1.54, 1.807) is 27.7 Å². The number of esters is 2. The van der Waals surface area contributed by atoms with Crippen molar-refractivity contribution in [2.75, 3.05) is 0 Å². The van der Waals surface area contributed by atoms with Crippen molar-refractivity contribution in [1.82, 2.24) is 0 Å². The van der Waals surface area contributed by atoms with Crippen LogP contribution < -0.4 is 4.18 Å². The van der Waals surface area contributed by atoms with Gasteiger partial charge in [-0.1, -0.05) is 12.1 Å². The minimum atomic E-state index is -4.63. The molecule has 1 N–H and O–H groups in total. The Kier molecular flexibility index (Phi) is 7.13. The van der Waals surface area contributed by atoms with E-state index in [1.807, 2.05) is 0 Å². The second kappa shape index (κ2) is 8.63. The highest BCUT2D eigenvalue weighted by Crippen LogP contribution is 2.17. The lowest BCUT2D eigenvalue weighted by Crippen LogP contribution is -2.23. The Morgan fingerprint density at radius 1 is 0.960 bits per heavy atom. The van der Waals surface area contributed by atoms with Crippen molar-refractivity contribution in [3.05, 3.63) is 35.4 Å². The second-order valence-corrected chi connectivity index (χ2v) is 6.57. The molecule has 138 valence electrons. The smallest absolute Gasteiger partial charge is 0.446 e. The third-order valence-corrected chi connectivity index (χ3v) is 2.92. The fraction of sp³-hybridized carbons (Fsp3) is 0.375. The zero-order valence-electron chi connectivity index (χ0n) is 14.3. The summed E-state index contributed by atoms with van der Waals surface area (Å²) < 4.78 is 44.3. The molecule has 0 heterocycles. The van der Waals surface area contributed by atoms with Gasteiger partial charge in [-0.3, -0.25) is 4.55 Å². The number of hydrogen-bond acceptors (Lipinski definition) is 7. The number of carbonyl (C=O) groups excluding carboxylic acids is 2. The first-order valence-electron chi connectivity index (χ1n) is 7.38. The van der Waals surface area contributed by atoms with Gasteiger partial charge in [-0.25, -0.2) is 9.59 Å². The van der Waals surface area contributed by atoms with Gasteiger partial charge in [0.1, 0.15) is 11.3 Å². The summed E-state index contributed by atoms with van der Waals surface area (Å²) in [5, 5.41) is 0. The number of carbonyl (C=O) groups is 2. The van der Waals surface area contributed by atoms with E-state index < -0.39 is 34.5 Å². The lowest BCUT2D eigenvalue weighted by molar-refractivity contribution is -0.150. The minimum absolute atomic E-state index is 0.129. The molecule has 0 aliphatic heterocycles. The van der Waals surface area contributed by atoms with Gasteiger partial charge in [-0.15, -0.1) is 0 Å². The van der Waals surface area contributed by atoms with E-state index in [1.165, 1.54) is 30.3 Å². The summed E-state index contributed by atoms with van der Waals surface area (Å²) in [6.45, 7) is 6.57. The fourth-order valence-electron chi connectivity index (χ4n) is 1.66. The van der Waals surface area contributed by atoms with Crippen molar-refractivity contribution in [2.45, 2.75) is 39.9 Å². The van der Waals surface area contributed by atoms with Crippen LogP contribution in [0, 0.1) is 0 Å². The van der Waals surface area contributed by atoms with Gasteiger partial charge in [0.25, 0.3) is 0 Å². The van der Waals surface area contributed by atoms with E-state index in [2.05, 4.69) is 4.18 Å². The van der Waals surface area contributed by atoms with Crippen molar-refractivity contribution >= 4 is 28.4 Å². The number of rotatable bonds is 7. The highest BCUT2D eigenvalue weighted by atomic mass is 32.3. The van der Waals surface area contributed by atoms with Gasteiger partial charge in [0.15, 0.2) is 0 Å². The van der Waals surface area contributed by atoms with Gasteiger partial charge in [-0.05, 0) is 51.5 Å². The van der Waals surface area contributed by atoms with Gasteiger partial charge in [0.2, 0.25) is 0 Å². The molecule has 0 atom stereocenters. The Morgan fingerprint density at radius 3 is 1.76 bits per heavy atom. The molecule has 1 aromatic rings. The average molecular weight is 372 g/mol. The summed E-state index contributed by atoms with van der Waals surface area (Å²) in [6, 6.07) is 5.29. The third kappa shape index (κ3) is 7.81. The van der Waals surface area contributed by atoms with Gasteiger partial charge in [0.05, 0.1) is 12.2 Å². The maximum atomic E-state index is 12.1. The molecule has 8 nitrogen and oxygen atoms in total. The molecule has 0 aromatic heterocycles. The summed E-state index contributed by atoms with van der Waals surface area (Å²) in [6.07, 6.45) is 0.411. The first kappa shape index (κ1) is 20.7. The van der Waals surface area contributed by atoms with Crippen LogP contribution in [0.5, 0.6) is 5.75 Å². The number of hydrogen-bond donors (Lipinski definition) is 1. The molecular weight excluding hydrogens is 352 g/mol. The SMILES string of the molecule is CC(C)OC(=O)C(=Cc1ccc(OS(=O)(=O)O)cc1)C(=O)OC(C)C. The molecule has 0 aliphatic rings. The van der Waals surface area contributed by atoms with E-state index >= 15 is 0 Å². The quantitative estimate of drug-likeness (QED) is 0.254. The standard InChI is InChI=1S/C16H20O8S/c1-10(2)22-15(17)14(16(18)23-11(3)4)9-12-5-7-13(8-6-12)24-25(19,20)21/h5-11H,1-4H3,(H,19,20,21). The van der Waals surface area contributed by atoms with Crippen LogP contribution in [0.4, 0.5) is 0 Å². The molecule has 0 fully saturated rings. The van der Waals surface area contributed by atoms with Gasteiger partial charge < -0.3 is 13.7 Å². The molecule has 1 aromatic carbocycles. The van der Waals surface area contributed by atoms with Gasteiger partial charge in [0, 0.05) is 0 Å². The Labute approximate surface area is 146 Å². The molecule has 0 amide bonds. The van der Waals surface area contributed by atoms with E-state index in [0.29, 0.717) is 5.56 Å². The zero-order valence-corrected chi connectivity index (χ0v) is 15.1. The molecule has 0 aliphatic carbocycles. The fourth-order valence-corrected chi connectivity index (χ4v) is 2.02. The second-order valence-electron chi connectivity index (χ2n) is 5.55. The van der Waals surface area contributed by atoms with E-state index in [0.717, 1.165) is 0 Å². The van der Waals surface area contributed by atoms with E-state index in [9.17, 15) is 18.0 Å². The Bertz CT molecular complexity index is 721. The largest absolute Gasteiger partial charge is 0.459 e. The summed E-state index contributed by atoms with van der Waals surface area (Å²) in [5.41, 5.74) is 0.102. The van der Waals surface area contributed by atoms with Crippen LogP contribution >= 0.6 is 0 Å². The van der Waals surface area contributed by atoms with Gasteiger partial charge >= 0.3 is 22.3 Å². The molecule has 1 rings (SSSR count). The van der Waals surface area contributed by atoms with Crippen LogP contribution in [0.25, 0.3) is 6.08 Å². The Balaban J connectivity index is 3.11.